The molecule has 0 rings (SSSR count). The van der Waals surface area contributed by atoms with Crippen LogP contribution in [0.3, 0.4) is 0 Å². The van der Waals surface area contributed by atoms with E-state index < -0.39 is 11.8 Å². The molecule has 82 valence electrons. The number of nitrogens with two attached hydrogens (primary N) is 1. The molecule has 0 fully saturated rings. The summed E-state index contributed by atoms with van der Waals surface area (Å²) in [6.07, 6.45) is 3.86. The van der Waals surface area contributed by atoms with E-state index >= 15 is 0 Å². The van der Waals surface area contributed by atoms with Crippen LogP contribution < -0.4 is 5.73 Å². The highest BCUT2D eigenvalue weighted by Crippen LogP contribution is 1.99. The van der Waals surface area contributed by atoms with Crippen molar-refractivity contribution in [1.29, 1.82) is 0 Å². The van der Waals surface area contributed by atoms with Gasteiger partial charge in [0.05, 0.1) is 0 Å². The topological polar surface area (TPSA) is 63.4 Å². The van der Waals surface area contributed by atoms with Crippen molar-refractivity contribution in [2.24, 2.45) is 5.73 Å². The predicted octanol–water partition coefficient (Wildman–Crippen LogP) is 0.901. The number of primary amides is 1. The number of carbonyl (C=O) groups excluding carboxylic acids is 2. The van der Waals surface area contributed by atoms with Gasteiger partial charge in [-0.25, -0.2) is 0 Å². The molecule has 0 saturated carbocycles. The maximum atomic E-state index is 11.3. The normalized spacial score (nSPS) is 9.86. The molecule has 0 heterocycles. The molecule has 0 aliphatic carbocycles. The van der Waals surface area contributed by atoms with Crippen LogP contribution in [0.15, 0.2) is 0 Å². The van der Waals surface area contributed by atoms with Crippen LogP contribution in [0.1, 0.15) is 39.5 Å². The number of carbonyl (C=O) groups is 2. The number of hydrogen-bond donors (Lipinski definition) is 1. The lowest BCUT2D eigenvalue weighted by Crippen LogP contribution is -2.41. The molecule has 4 heteroatoms. The lowest BCUT2D eigenvalue weighted by molar-refractivity contribution is -0.144. The Labute approximate surface area is 85.4 Å². The fourth-order valence-corrected chi connectivity index (χ4v) is 1.17. The van der Waals surface area contributed by atoms with E-state index in [4.69, 9.17) is 5.73 Å². The number of hydrogen-bond acceptors (Lipinski definition) is 2. The summed E-state index contributed by atoms with van der Waals surface area (Å²) in [4.78, 5) is 23.6. The highest BCUT2D eigenvalue weighted by molar-refractivity contribution is 6.34. The maximum absolute atomic E-state index is 11.3. The third-order valence-corrected chi connectivity index (χ3v) is 2.06. The van der Waals surface area contributed by atoms with Gasteiger partial charge in [-0.15, -0.1) is 0 Å². The molecule has 4 nitrogen and oxygen atoms in total. The van der Waals surface area contributed by atoms with Crippen LogP contribution in [0.25, 0.3) is 0 Å². The Morgan fingerprint density at radius 1 is 1.07 bits per heavy atom. The molecular weight excluding hydrogens is 180 g/mol. The van der Waals surface area contributed by atoms with Crippen molar-refractivity contribution < 1.29 is 9.59 Å². The standard InChI is InChI=1S/C10H20N2O2/c1-3-5-7-12(8-6-4-2)10(14)9(11)13/h3-8H2,1-2H3,(H2,11,13). The Morgan fingerprint density at radius 2 is 1.50 bits per heavy atom. The lowest BCUT2D eigenvalue weighted by atomic mass is 10.2. The van der Waals surface area contributed by atoms with Gasteiger partial charge in [-0.05, 0) is 12.8 Å². The molecule has 0 aliphatic rings. The van der Waals surface area contributed by atoms with Crippen molar-refractivity contribution in [3.63, 3.8) is 0 Å². The van der Waals surface area contributed by atoms with Crippen molar-refractivity contribution in [3.8, 4) is 0 Å². The van der Waals surface area contributed by atoms with Gasteiger partial charge >= 0.3 is 11.8 Å². The molecule has 0 bridgehead atoms. The number of rotatable bonds is 6. The molecule has 0 unspecified atom stereocenters. The van der Waals surface area contributed by atoms with Crippen LogP contribution in [0.4, 0.5) is 0 Å². The second-order valence-electron chi connectivity index (χ2n) is 3.36. The van der Waals surface area contributed by atoms with Gasteiger partial charge < -0.3 is 10.6 Å². The number of amides is 2. The Balaban J connectivity index is 4.08. The highest BCUT2D eigenvalue weighted by Gasteiger charge is 2.17. The van der Waals surface area contributed by atoms with Crippen molar-refractivity contribution >= 4 is 11.8 Å². The molecule has 2 N–H and O–H groups in total. The van der Waals surface area contributed by atoms with Gasteiger partial charge in [-0.2, -0.15) is 0 Å². The van der Waals surface area contributed by atoms with Crippen LogP contribution >= 0.6 is 0 Å². The van der Waals surface area contributed by atoms with Crippen molar-refractivity contribution in [2.75, 3.05) is 13.1 Å². The zero-order valence-corrected chi connectivity index (χ0v) is 9.08. The minimum absolute atomic E-state index is 0.549. The third kappa shape index (κ3) is 4.84. The summed E-state index contributed by atoms with van der Waals surface area (Å²) in [5, 5.41) is 0. The van der Waals surface area contributed by atoms with Gasteiger partial charge in [0.1, 0.15) is 0 Å². The molecule has 0 aromatic heterocycles. The predicted molar refractivity (Wildman–Crippen MR) is 55.6 cm³/mol. The van der Waals surface area contributed by atoms with E-state index in [1.54, 1.807) is 4.90 Å². The summed E-state index contributed by atoms with van der Waals surface area (Å²) in [7, 11) is 0. The van der Waals surface area contributed by atoms with Crippen LogP contribution in [-0.2, 0) is 9.59 Å². The molecule has 0 aromatic rings. The molecular formula is C10H20N2O2. The monoisotopic (exact) mass is 200 g/mol. The largest absolute Gasteiger partial charge is 0.361 e. The summed E-state index contributed by atoms with van der Waals surface area (Å²) < 4.78 is 0. The Hall–Kier alpha value is -1.06. The van der Waals surface area contributed by atoms with Gasteiger partial charge in [0.15, 0.2) is 0 Å². The second kappa shape index (κ2) is 7.35. The van der Waals surface area contributed by atoms with Crippen molar-refractivity contribution in [2.45, 2.75) is 39.5 Å². The fourth-order valence-electron chi connectivity index (χ4n) is 1.17. The first-order valence-corrected chi connectivity index (χ1v) is 5.22. The second-order valence-corrected chi connectivity index (χ2v) is 3.36. The molecule has 0 spiro atoms. The molecule has 2 amide bonds. The summed E-state index contributed by atoms with van der Waals surface area (Å²) in [6, 6.07) is 0. The van der Waals surface area contributed by atoms with Crippen LogP contribution in [0.5, 0.6) is 0 Å². The van der Waals surface area contributed by atoms with E-state index in [1.165, 1.54) is 0 Å². The average molecular weight is 200 g/mol. The van der Waals surface area contributed by atoms with E-state index in [-0.39, 0.29) is 0 Å². The fraction of sp³-hybridized carbons (Fsp3) is 0.800. The molecule has 0 saturated heterocycles. The van der Waals surface area contributed by atoms with E-state index in [0.29, 0.717) is 13.1 Å². The molecule has 0 aliphatic heterocycles. The van der Waals surface area contributed by atoms with Gasteiger partial charge in [0.25, 0.3) is 0 Å². The van der Waals surface area contributed by atoms with Gasteiger partial charge in [0.2, 0.25) is 0 Å². The van der Waals surface area contributed by atoms with Crippen LogP contribution in [0, 0.1) is 0 Å². The minimum atomic E-state index is -0.850. The number of nitrogens with zero attached hydrogens (tertiary/aromatic N) is 1. The molecule has 0 radical (unpaired) electrons. The molecule has 0 aromatic carbocycles. The smallest absolute Gasteiger partial charge is 0.311 e. The van der Waals surface area contributed by atoms with Crippen LogP contribution in [0.2, 0.25) is 0 Å². The Morgan fingerprint density at radius 3 is 1.79 bits per heavy atom. The van der Waals surface area contributed by atoms with E-state index in [2.05, 4.69) is 0 Å². The third-order valence-electron chi connectivity index (χ3n) is 2.06. The van der Waals surface area contributed by atoms with E-state index in [0.717, 1.165) is 25.7 Å². The zero-order chi connectivity index (χ0) is 11.0. The average Bonchev–Trinajstić information content (AvgIpc) is 2.17. The SMILES string of the molecule is CCCCN(CCCC)C(=O)C(N)=O. The summed E-state index contributed by atoms with van der Waals surface area (Å²) >= 11 is 0. The number of unbranched alkanes of at least 4 members (excludes halogenated alkanes) is 2. The first-order valence-electron chi connectivity index (χ1n) is 5.22. The van der Waals surface area contributed by atoms with Gasteiger partial charge in [-0.3, -0.25) is 9.59 Å². The summed E-state index contributed by atoms with van der Waals surface area (Å²) in [6.45, 7) is 5.37. The lowest BCUT2D eigenvalue weighted by Gasteiger charge is -2.20. The Bertz CT molecular complexity index is 185. The first kappa shape index (κ1) is 12.9. The molecule has 0 atom stereocenters. The quantitative estimate of drug-likeness (QED) is 0.647. The van der Waals surface area contributed by atoms with Gasteiger partial charge in [0, 0.05) is 13.1 Å². The maximum Gasteiger partial charge on any atom is 0.311 e. The van der Waals surface area contributed by atoms with E-state index in [1.807, 2.05) is 13.8 Å². The highest BCUT2D eigenvalue weighted by atomic mass is 16.2. The van der Waals surface area contributed by atoms with Crippen LogP contribution in [-0.4, -0.2) is 29.8 Å². The Kier molecular flexibility index (Phi) is 6.80. The van der Waals surface area contributed by atoms with Crippen molar-refractivity contribution in [1.82, 2.24) is 4.90 Å². The zero-order valence-electron chi connectivity index (χ0n) is 9.08. The van der Waals surface area contributed by atoms with E-state index in [9.17, 15) is 9.59 Å². The summed E-state index contributed by atoms with van der Waals surface area (Å²) in [5.41, 5.74) is 4.95. The summed E-state index contributed by atoms with van der Waals surface area (Å²) in [5.74, 6) is -1.40. The first-order chi connectivity index (χ1) is 6.63. The molecule has 14 heavy (non-hydrogen) atoms. The van der Waals surface area contributed by atoms with Gasteiger partial charge in [-0.1, -0.05) is 26.7 Å². The van der Waals surface area contributed by atoms with Crippen molar-refractivity contribution in [3.05, 3.63) is 0 Å². The minimum Gasteiger partial charge on any atom is -0.361 e.